The molecule has 0 radical (unpaired) electrons. The fourth-order valence-electron chi connectivity index (χ4n) is 2.85. The van der Waals surface area contributed by atoms with Crippen LogP contribution in [0.2, 0.25) is 0 Å². The molecule has 2 heterocycles. The fraction of sp³-hybridized carbons (Fsp3) is 0.846. The summed E-state index contributed by atoms with van der Waals surface area (Å²) in [4.78, 5) is 27.2. The summed E-state index contributed by atoms with van der Waals surface area (Å²) in [6.07, 6.45) is 0.786. The summed E-state index contributed by atoms with van der Waals surface area (Å²) >= 11 is 0. The Balaban J connectivity index is 1.89. The van der Waals surface area contributed by atoms with Gasteiger partial charge in [0.1, 0.15) is 0 Å². The van der Waals surface area contributed by atoms with Gasteiger partial charge in [0.25, 0.3) is 0 Å². The van der Waals surface area contributed by atoms with Crippen LogP contribution in [0, 0.1) is 0 Å². The van der Waals surface area contributed by atoms with E-state index in [1.807, 2.05) is 13.8 Å². The normalized spacial score (nSPS) is 28.2. The van der Waals surface area contributed by atoms with Gasteiger partial charge in [-0.3, -0.25) is 4.79 Å². The summed E-state index contributed by atoms with van der Waals surface area (Å²) in [5, 5.41) is 2.83. The Morgan fingerprint density at radius 2 is 2.10 bits per heavy atom. The SMILES string of the molecule is CC(C)N1CC(NC(=O)N(C)C2CCS(=O)(=O)C2)CC1=O. The largest absolute Gasteiger partial charge is 0.338 e. The van der Waals surface area contributed by atoms with E-state index in [0.717, 1.165) is 0 Å². The number of likely N-dealkylation sites (tertiary alicyclic amines) is 1. The average Bonchev–Trinajstić information content (AvgIpc) is 2.91. The molecule has 2 saturated heterocycles. The highest BCUT2D eigenvalue weighted by atomic mass is 32.2. The Labute approximate surface area is 125 Å². The second-order valence-electron chi connectivity index (χ2n) is 6.16. The van der Waals surface area contributed by atoms with E-state index in [4.69, 9.17) is 0 Å². The number of amides is 3. The monoisotopic (exact) mass is 317 g/mol. The molecule has 0 aliphatic carbocycles. The van der Waals surface area contributed by atoms with Gasteiger partial charge in [-0.1, -0.05) is 0 Å². The highest BCUT2D eigenvalue weighted by Crippen LogP contribution is 2.18. The van der Waals surface area contributed by atoms with Crippen LogP contribution < -0.4 is 5.32 Å². The third-order valence-corrected chi connectivity index (χ3v) is 5.94. The standard InChI is InChI=1S/C13H23N3O4S/c1-9(2)16-7-10(6-12(16)17)14-13(18)15(3)11-4-5-21(19,20)8-11/h9-11H,4-8H2,1-3H3,(H,14,18). The molecule has 120 valence electrons. The summed E-state index contributed by atoms with van der Waals surface area (Å²) in [6, 6.07) is -0.654. The molecule has 21 heavy (non-hydrogen) atoms. The molecule has 0 aromatic rings. The van der Waals surface area contributed by atoms with Crippen LogP contribution in [0.3, 0.4) is 0 Å². The van der Waals surface area contributed by atoms with Gasteiger partial charge < -0.3 is 15.1 Å². The van der Waals surface area contributed by atoms with Crippen LogP contribution in [0.5, 0.6) is 0 Å². The number of carbonyl (C=O) groups excluding carboxylic acids is 2. The van der Waals surface area contributed by atoms with Crippen molar-refractivity contribution in [3.05, 3.63) is 0 Å². The Morgan fingerprint density at radius 1 is 1.43 bits per heavy atom. The molecule has 1 N–H and O–H groups in total. The van der Waals surface area contributed by atoms with Gasteiger partial charge in [-0.2, -0.15) is 0 Å². The zero-order chi connectivity index (χ0) is 15.8. The molecular formula is C13H23N3O4S. The number of rotatable bonds is 3. The topological polar surface area (TPSA) is 86.8 Å². The zero-order valence-electron chi connectivity index (χ0n) is 12.7. The second-order valence-corrected chi connectivity index (χ2v) is 8.39. The lowest BCUT2D eigenvalue weighted by atomic mass is 10.2. The lowest BCUT2D eigenvalue weighted by Crippen LogP contribution is -2.48. The van der Waals surface area contributed by atoms with Crippen molar-refractivity contribution < 1.29 is 18.0 Å². The minimum absolute atomic E-state index is 0.0264. The third kappa shape index (κ3) is 3.66. The van der Waals surface area contributed by atoms with E-state index in [-0.39, 0.29) is 41.6 Å². The predicted molar refractivity (Wildman–Crippen MR) is 78.6 cm³/mol. The van der Waals surface area contributed by atoms with Crippen LogP contribution in [-0.2, 0) is 14.6 Å². The van der Waals surface area contributed by atoms with E-state index >= 15 is 0 Å². The van der Waals surface area contributed by atoms with Gasteiger partial charge in [0, 0.05) is 32.1 Å². The van der Waals surface area contributed by atoms with Crippen LogP contribution >= 0.6 is 0 Å². The van der Waals surface area contributed by atoms with Crippen molar-refractivity contribution in [1.82, 2.24) is 15.1 Å². The second kappa shape index (κ2) is 5.82. The lowest BCUT2D eigenvalue weighted by Gasteiger charge is -2.26. The lowest BCUT2D eigenvalue weighted by molar-refractivity contribution is -0.129. The summed E-state index contributed by atoms with van der Waals surface area (Å²) < 4.78 is 22.9. The molecule has 2 unspecified atom stereocenters. The first-order valence-electron chi connectivity index (χ1n) is 7.23. The van der Waals surface area contributed by atoms with Crippen molar-refractivity contribution in [2.75, 3.05) is 25.1 Å². The van der Waals surface area contributed by atoms with Gasteiger partial charge in [-0.25, -0.2) is 13.2 Å². The first kappa shape index (κ1) is 16.1. The third-order valence-electron chi connectivity index (χ3n) is 4.19. The number of sulfone groups is 1. The number of carbonyl (C=O) groups is 2. The van der Waals surface area contributed by atoms with Crippen molar-refractivity contribution in [3.8, 4) is 0 Å². The molecule has 0 aromatic carbocycles. The number of hydrogen-bond acceptors (Lipinski definition) is 4. The molecule has 0 bridgehead atoms. The smallest absolute Gasteiger partial charge is 0.317 e. The average molecular weight is 317 g/mol. The molecule has 0 spiro atoms. The minimum atomic E-state index is -3.01. The molecule has 8 heteroatoms. The molecular weight excluding hydrogens is 294 g/mol. The summed E-state index contributed by atoms with van der Waals surface area (Å²) in [5.74, 6) is 0.207. The maximum Gasteiger partial charge on any atom is 0.317 e. The van der Waals surface area contributed by atoms with Gasteiger partial charge in [-0.05, 0) is 20.3 Å². The summed E-state index contributed by atoms with van der Waals surface area (Å²) in [6.45, 7) is 4.40. The Hall–Kier alpha value is -1.31. The zero-order valence-corrected chi connectivity index (χ0v) is 13.5. The van der Waals surface area contributed by atoms with Crippen molar-refractivity contribution in [2.24, 2.45) is 0 Å². The van der Waals surface area contributed by atoms with Crippen molar-refractivity contribution in [3.63, 3.8) is 0 Å². The van der Waals surface area contributed by atoms with Crippen LogP contribution in [0.1, 0.15) is 26.7 Å². The van der Waals surface area contributed by atoms with Gasteiger partial charge in [0.2, 0.25) is 5.91 Å². The summed E-state index contributed by atoms with van der Waals surface area (Å²) in [5.41, 5.74) is 0. The molecule has 0 saturated carbocycles. The first-order valence-corrected chi connectivity index (χ1v) is 9.05. The predicted octanol–water partition coefficient (Wildman–Crippen LogP) is -0.176. The van der Waals surface area contributed by atoms with Crippen LogP contribution in [0.4, 0.5) is 4.79 Å². The van der Waals surface area contributed by atoms with Crippen LogP contribution in [0.25, 0.3) is 0 Å². The van der Waals surface area contributed by atoms with E-state index in [9.17, 15) is 18.0 Å². The molecule has 2 fully saturated rings. The Bertz CT molecular complexity index is 532. The van der Waals surface area contributed by atoms with Crippen molar-refractivity contribution in [1.29, 1.82) is 0 Å². The summed E-state index contributed by atoms with van der Waals surface area (Å²) in [7, 11) is -1.41. The minimum Gasteiger partial charge on any atom is -0.338 e. The van der Waals surface area contributed by atoms with Crippen molar-refractivity contribution >= 4 is 21.8 Å². The molecule has 2 rings (SSSR count). The van der Waals surface area contributed by atoms with Crippen molar-refractivity contribution in [2.45, 2.75) is 44.8 Å². The maximum absolute atomic E-state index is 12.2. The molecule has 3 amide bonds. The van der Waals surface area contributed by atoms with Gasteiger partial charge in [0.15, 0.2) is 9.84 Å². The van der Waals surface area contributed by atoms with Crippen LogP contribution in [-0.4, -0.2) is 73.4 Å². The van der Waals surface area contributed by atoms with E-state index in [2.05, 4.69) is 5.32 Å². The van der Waals surface area contributed by atoms with E-state index < -0.39 is 9.84 Å². The number of nitrogens with zero attached hydrogens (tertiary/aromatic N) is 2. The molecule has 0 aromatic heterocycles. The van der Waals surface area contributed by atoms with E-state index in [1.165, 1.54) is 4.90 Å². The quantitative estimate of drug-likeness (QED) is 0.782. The van der Waals surface area contributed by atoms with E-state index in [0.29, 0.717) is 19.4 Å². The molecule has 2 atom stereocenters. The number of urea groups is 1. The Kier molecular flexibility index (Phi) is 4.46. The highest BCUT2D eigenvalue weighted by molar-refractivity contribution is 7.91. The molecule has 2 aliphatic heterocycles. The number of nitrogens with one attached hydrogen (secondary N) is 1. The molecule has 2 aliphatic rings. The Morgan fingerprint density at radius 3 is 2.57 bits per heavy atom. The highest BCUT2D eigenvalue weighted by Gasteiger charge is 2.36. The van der Waals surface area contributed by atoms with E-state index in [1.54, 1.807) is 11.9 Å². The fourth-order valence-corrected chi connectivity index (χ4v) is 4.62. The van der Waals surface area contributed by atoms with Gasteiger partial charge in [0.05, 0.1) is 17.5 Å². The van der Waals surface area contributed by atoms with Gasteiger partial charge in [-0.15, -0.1) is 0 Å². The van der Waals surface area contributed by atoms with Crippen LogP contribution in [0.15, 0.2) is 0 Å². The first-order chi connectivity index (χ1) is 9.69. The molecule has 7 nitrogen and oxygen atoms in total. The maximum atomic E-state index is 12.2. The van der Waals surface area contributed by atoms with Gasteiger partial charge >= 0.3 is 6.03 Å². The number of hydrogen-bond donors (Lipinski definition) is 1.